The van der Waals surface area contributed by atoms with Gasteiger partial charge in [0.2, 0.25) is 5.91 Å². The van der Waals surface area contributed by atoms with Crippen molar-refractivity contribution in [3.05, 3.63) is 63.6 Å². The van der Waals surface area contributed by atoms with E-state index in [1.807, 2.05) is 70.2 Å². The van der Waals surface area contributed by atoms with Gasteiger partial charge in [-0.25, -0.2) is 0 Å². The smallest absolute Gasteiger partial charge is 0.261 e. The molecule has 0 spiro atoms. The standard InChI is InChI=1S/C24H31BrN2O3/c1-6-18(4)26-24(29)19(5)27(14-20-8-7-9-21(25)13-20)23(28)15-30-22-11-10-16(2)12-17(22)3/h7-13,18-19H,6,14-15H2,1-5H3,(H,26,29)/t18-,19-/m0/s1. The van der Waals surface area contributed by atoms with E-state index in [4.69, 9.17) is 4.74 Å². The lowest BCUT2D eigenvalue weighted by Gasteiger charge is -2.29. The summed E-state index contributed by atoms with van der Waals surface area (Å²) in [5, 5.41) is 2.97. The Bertz CT molecular complexity index is 885. The first-order chi connectivity index (χ1) is 14.2. The van der Waals surface area contributed by atoms with Crippen LogP contribution in [0.5, 0.6) is 5.75 Å². The third-order valence-corrected chi connectivity index (χ3v) is 5.59. The van der Waals surface area contributed by atoms with Gasteiger partial charge in [-0.1, -0.05) is 52.7 Å². The van der Waals surface area contributed by atoms with Gasteiger partial charge >= 0.3 is 0 Å². The number of ether oxygens (including phenoxy) is 1. The van der Waals surface area contributed by atoms with Crippen molar-refractivity contribution in [3.8, 4) is 5.75 Å². The fraction of sp³-hybridized carbons (Fsp3) is 0.417. The molecule has 0 bridgehead atoms. The molecule has 0 fully saturated rings. The summed E-state index contributed by atoms with van der Waals surface area (Å²) in [4.78, 5) is 27.4. The van der Waals surface area contributed by atoms with E-state index in [0.29, 0.717) is 12.3 Å². The maximum atomic E-state index is 13.1. The van der Waals surface area contributed by atoms with Crippen LogP contribution in [0.15, 0.2) is 46.9 Å². The van der Waals surface area contributed by atoms with Gasteiger partial charge in [0, 0.05) is 17.1 Å². The molecular formula is C24H31BrN2O3. The van der Waals surface area contributed by atoms with Gasteiger partial charge in [0.1, 0.15) is 11.8 Å². The van der Waals surface area contributed by atoms with Crippen molar-refractivity contribution < 1.29 is 14.3 Å². The molecule has 2 atom stereocenters. The van der Waals surface area contributed by atoms with E-state index in [1.165, 1.54) is 0 Å². The fourth-order valence-corrected chi connectivity index (χ4v) is 3.51. The molecule has 0 radical (unpaired) electrons. The summed E-state index contributed by atoms with van der Waals surface area (Å²) in [7, 11) is 0. The van der Waals surface area contributed by atoms with E-state index in [1.54, 1.807) is 11.8 Å². The van der Waals surface area contributed by atoms with Crippen molar-refractivity contribution in [2.45, 2.75) is 59.7 Å². The fourth-order valence-electron chi connectivity index (χ4n) is 3.06. The van der Waals surface area contributed by atoms with Crippen LogP contribution in [0.1, 0.15) is 43.9 Å². The zero-order valence-electron chi connectivity index (χ0n) is 18.4. The van der Waals surface area contributed by atoms with Crippen LogP contribution in [0.3, 0.4) is 0 Å². The Morgan fingerprint density at radius 2 is 1.87 bits per heavy atom. The van der Waals surface area contributed by atoms with Crippen molar-refractivity contribution in [1.29, 1.82) is 0 Å². The molecule has 0 aromatic heterocycles. The third-order valence-electron chi connectivity index (χ3n) is 5.09. The van der Waals surface area contributed by atoms with Gasteiger partial charge in [-0.15, -0.1) is 0 Å². The minimum atomic E-state index is -0.617. The lowest BCUT2D eigenvalue weighted by molar-refractivity contribution is -0.142. The van der Waals surface area contributed by atoms with E-state index < -0.39 is 6.04 Å². The predicted molar refractivity (Wildman–Crippen MR) is 123 cm³/mol. The highest BCUT2D eigenvalue weighted by Gasteiger charge is 2.27. The molecule has 0 aliphatic heterocycles. The first kappa shape index (κ1) is 23.9. The second-order valence-corrected chi connectivity index (χ2v) is 8.62. The van der Waals surface area contributed by atoms with E-state index in [9.17, 15) is 9.59 Å². The second-order valence-electron chi connectivity index (χ2n) is 7.70. The Morgan fingerprint density at radius 3 is 2.50 bits per heavy atom. The Labute approximate surface area is 187 Å². The number of carbonyl (C=O) groups excluding carboxylic acids is 2. The number of amides is 2. The quantitative estimate of drug-likeness (QED) is 0.568. The molecule has 1 N–H and O–H groups in total. The average Bonchev–Trinajstić information content (AvgIpc) is 2.70. The molecule has 0 heterocycles. The summed E-state index contributed by atoms with van der Waals surface area (Å²) in [6.07, 6.45) is 0.827. The second kappa shape index (κ2) is 11.2. The zero-order valence-corrected chi connectivity index (χ0v) is 20.0. The molecule has 6 heteroatoms. The SMILES string of the molecule is CC[C@H](C)NC(=O)[C@H](C)N(Cc1cccc(Br)c1)C(=O)COc1ccc(C)cc1C. The molecule has 2 rings (SSSR count). The molecular weight excluding hydrogens is 444 g/mol. The Hall–Kier alpha value is -2.34. The van der Waals surface area contributed by atoms with E-state index in [0.717, 1.165) is 27.6 Å². The number of carbonyl (C=O) groups is 2. The van der Waals surface area contributed by atoms with Crippen molar-refractivity contribution in [1.82, 2.24) is 10.2 Å². The van der Waals surface area contributed by atoms with Gasteiger partial charge < -0.3 is 15.0 Å². The molecule has 0 aliphatic carbocycles. The third kappa shape index (κ3) is 6.87. The molecule has 2 amide bonds. The minimum absolute atomic E-state index is 0.0502. The van der Waals surface area contributed by atoms with E-state index >= 15 is 0 Å². The summed E-state index contributed by atoms with van der Waals surface area (Å²) in [5.41, 5.74) is 3.05. The van der Waals surface area contributed by atoms with Crippen molar-refractivity contribution in [2.75, 3.05) is 6.61 Å². The number of rotatable bonds is 9. The number of nitrogens with zero attached hydrogens (tertiary/aromatic N) is 1. The van der Waals surface area contributed by atoms with Crippen LogP contribution < -0.4 is 10.1 Å². The number of hydrogen-bond donors (Lipinski definition) is 1. The highest BCUT2D eigenvalue weighted by Crippen LogP contribution is 2.20. The molecule has 2 aromatic carbocycles. The molecule has 30 heavy (non-hydrogen) atoms. The minimum Gasteiger partial charge on any atom is -0.483 e. The molecule has 0 saturated heterocycles. The molecule has 0 aliphatic rings. The lowest BCUT2D eigenvalue weighted by atomic mass is 10.1. The van der Waals surface area contributed by atoms with Gasteiger partial charge in [0.15, 0.2) is 6.61 Å². The monoisotopic (exact) mass is 474 g/mol. The van der Waals surface area contributed by atoms with Crippen molar-refractivity contribution in [3.63, 3.8) is 0 Å². The number of hydrogen-bond acceptors (Lipinski definition) is 3. The zero-order chi connectivity index (χ0) is 22.3. The number of nitrogens with one attached hydrogen (secondary N) is 1. The van der Waals surface area contributed by atoms with Gasteiger partial charge in [-0.3, -0.25) is 9.59 Å². The summed E-state index contributed by atoms with van der Waals surface area (Å²) >= 11 is 3.46. The first-order valence-electron chi connectivity index (χ1n) is 10.3. The molecule has 2 aromatic rings. The Balaban J connectivity index is 2.18. The summed E-state index contributed by atoms with van der Waals surface area (Å²) < 4.78 is 6.72. The topological polar surface area (TPSA) is 58.6 Å². The molecule has 0 unspecified atom stereocenters. The van der Waals surface area contributed by atoms with Crippen LogP contribution in [-0.2, 0) is 16.1 Å². The van der Waals surface area contributed by atoms with Crippen LogP contribution in [0, 0.1) is 13.8 Å². The first-order valence-corrected chi connectivity index (χ1v) is 11.0. The van der Waals surface area contributed by atoms with E-state index in [2.05, 4.69) is 21.2 Å². The Morgan fingerprint density at radius 1 is 1.13 bits per heavy atom. The number of benzene rings is 2. The number of aryl methyl sites for hydroxylation is 2. The van der Waals surface area contributed by atoms with Crippen LogP contribution in [0.4, 0.5) is 0 Å². The molecule has 0 saturated carbocycles. The van der Waals surface area contributed by atoms with Gasteiger partial charge in [-0.05, 0) is 63.4 Å². The summed E-state index contributed by atoms with van der Waals surface area (Å²) in [6, 6.07) is 13.0. The molecule has 5 nitrogen and oxygen atoms in total. The van der Waals surface area contributed by atoms with Gasteiger partial charge in [-0.2, -0.15) is 0 Å². The normalized spacial score (nSPS) is 12.7. The highest BCUT2D eigenvalue weighted by atomic mass is 79.9. The van der Waals surface area contributed by atoms with Crippen molar-refractivity contribution in [2.24, 2.45) is 0 Å². The Kier molecular flexibility index (Phi) is 8.90. The maximum Gasteiger partial charge on any atom is 0.261 e. The van der Waals surface area contributed by atoms with Crippen LogP contribution in [-0.4, -0.2) is 35.4 Å². The highest BCUT2D eigenvalue weighted by molar-refractivity contribution is 9.10. The van der Waals surface area contributed by atoms with Crippen LogP contribution in [0.2, 0.25) is 0 Å². The summed E-state index contributed by atoms with van der Waals surface area (Å²) in [6.45, 7) is 9.88. The van der Waals surface area contributed by atoms with Gasteiger partial charge in [0.25, 0.3) is 5.91 Å². The predicted octanol–water partition coefficient (Wildman–Crippen LogP) is 4.78. The maximum absolute atomic E-state index is 13.1. The summed E-state index contributed by atoms with van der Waals surface area (Å²) in [5.74, 6) is 0.272. The van der Waals surface area contributed by atoms with Crippen LogP contribution in [0.25, 0.3) is 0 Å². The van der Waals surface area contributed by atoms with Crippen LogP contribution >= 0.6 is 15.9 Å². The number of halogens is 1. The lowest BCUT2D eigenvalue weighted by Crippen LogP contribution is -2.50. The average molecular weight is 475 g/mol. The van der Waals surface area contributed by atoms with Crippen molar-refractivity contribution >= 4 is 27.7 Å². The molecule has 162 valence electrons. The van der Waals surface area contributed by atoms with E-state index in [-0.39, 0.29) is 24.5 Å². The van der Waals surface area contributed by atoms with Gasteiger partial charge in [0.05, 0.1) is 0 Å². The largest absolute Gasteiger partial charge is 0.483 e.